The SMILES string of the molecule is CC1=CC=C(N(c2cccc(-c3ccccc3-c3ccccc3-c3cccc(-c4ccc(N(c5ccc(C)cc5)c5ccc(C)c6ccccc56)cc4)c3)c2)c2ccc(C)c3ccccc23)CC1. The van der Waals surface area contributed by atoms with Crippen molar-refractivity contribution in [3.05, 3.63) is 259 Å². The monoisotopic (exact) mass is 874 g/mol. The Morgan fingerprint density at radius 2 is 0.794 bits per heavy atom. The van der Waals surface area contributed by atoms with E-state index in [1.54, 1.807) is 0 Å². The molecular formula is C66H54N2. The molecule has 11 rings (SSSR count). The molecule has 328 valence electrons. The minimum absolute atomic E-state index is 0.985. The highest BCUT2D eigenvalue weighted by atomic mass is 15.2. The maximum Gasteiger partial charge on any atom is 0.0540 e. The summed E-state index contributed by atoms with van der Waals surface area (Å²) in [6, 6.07) is 80.5. The second kappa shape index (κ2) is 18.2. The molecule has 0 saturated heterocycles. The Bertz CT molecular complexity index is 3550. The highest BCUT2D eigenvalue weighted by Crippen LogP contribution is 2.45. The van der Waals surface area contributed by atoms with Crippen molar-refractivity contribution < 1.29 is 0 Å². The van der Waals surface area contributed by atoms with Crippen LogP contribution in [0.2, 0.25) is 0 Å². The molecule has 0 bridgehead atoms. The molecule has 0 radical (unpaired) electrons. The van der Waals surface area contributed by atoms with Crippen molar-refractivity contribution in [3.63, 3.8) is 0 Å². The van der Waals surface area contributed by atoms with E-state index in [1.165, 1.54) is 105 Å². The quantitative estimate of drug-likeness (QED) is 0.135. The Balaban J connectivity index is 0.956. The van der Waals surface area contributed by atoms with Crippen LogP contribution in [-0.2, 0) is 0 Å². The Hall–Kier alpha value is -8.20. The highest BCUT2D eigenvalue weighted by Gasteiger charge is 2.22. The fourth-order valence-electron chi connectivity index (χ4n) is 10.2. The van der Waals surface area contributed by atoms with E-state index in [0.29, 0.717) is 0 Å². The average molecular weight is 875 g/mol. The van der Waals surface area contributed by atoms with Gasteiger partial charge in [-0.25, -0.2) is 0 Å². The largest absolute Gasteiger partial charge is 0.314 e. The summed E-state index contributed by atoms with van der Waals surface area (Å²) in [5.74, 6) is 0. The van der Waals surface area contributed by atoms with Crippen LogP contribution in [0.3, 0.4) is 0 Å². The minimum Gasteiger partial charge on any atom is -0.314 e. The van der Waals surface area contributed by atoms with Crippen molar-refractivity contribution in [2.24, 2.45) is 0 Å². The van der Waals surface area contributed by atoms with Gasteiger partial charge in [0.25, 0.3) is 0 Å². The van der Waals surface area contributed by atoms with Crippen molar-refractivity contribution in [1.82, 2.24) is 0 Å². The summed E-state index contributed by atoms with van der Waals surface area (Å²) in [7, 11) is 0. The predicted molar refractivity (Wildman–Crippen MR) is 292 cm³/mol. The maximum absolute atomic E-state index is 2.49. The predicted octanol–water partition coefficient (Wildman–Crippen LogP) is 18.8. The van der Waals surface area contributed by atoms with E-state index in [4.69, 9.17) is 0 Å². The molecular weight excluding hydrogens is 821 g/mol. The molecule has 2 heteroatoms. The van der Waals surface area contributed by atoms with E-state index in [9.17, 15) is 0 Å². The molecule has 0 spiro atoms. The lowest BCUT2D eigenvalue weighted by atomic mass is 9.88. The second-order valence-electron chi connectivity index (χ2n) is 18.3. The maximum atomic E-state index is 2.49. The van der Waals surface area contributed by atoms with Crippen LogP contribution in [-0.4, -0.2) is 0 Å². The summed E-state index contributed by atoms with van der Waals surface area (Å²) in [5.41, 5.74) is 21.8. The summed E-state index contributed by atoms with van der Waals surface area (Å²) in [6.07, 6.45) is 6.64. The van der Waals surface area contributed by atoms with Crippen LogP contribution >= 0.6 is 0 Å². The van der Waals surface area contributed by atoms with E-state index in [-0.39, 0.29) is 0 Å². The van der Waals surface area contributed by atoms with Crippen molar-refractivity contribution in [2.75, 3.05) is 9.80 Å². The summed E-state index contributed by atoms with van der Waals surface area (Å²) in [6.45, 7) is 8.78. The first kappa shape index (κ1) is 42.4. The third-order valence-corrected chi connectivity index (χ3v) is 13.8. The molecule has 10 aromatic carbocycles. The van der Waals surface area contributed by atoms with Gasteiger partial charge in [-0.2, -0.15) is 0 Å². The summed E-state index contributed by atoms with van der Waals surface area (Å²) in [5, 5.41) is 5.05. The Morgan fingerprint density at radius 3 is 1.37 bits per heavy atom. The number of allylic oxidation sites excluding steroid dienone is 4. The third-order valence-electron chi connectivity index (χ3n) is 13.8. The third kappa shape index (κ3) is 8.09. The molecule has 0 heterocycles. The van der Waals surface area contributed by atoms with E-state index in [2.05, 4.69) is 268 Å². The van der Waals surface area contributed by atoms with Gasteiger partial charge in [0.1, 0.15) is 0 Å². The second-order valence-corrected chi connectivity index (χ2v) is 18.3. The van der Waals surface area contributed by atoms with Crippen LogP contribution in [0.1, 0.15) is 36.5 Å². The molecule has 0 fully saturated rings. The fraction of sp³-hybridized carbons (Fsp3) is 0.0909. The molecule has 0 aliphatic heterocycles. The van der Waals surface area contributed by atoms with Crippen LogP contribution in [0, 0.1) is 20.8 Å². The van der Waals surface area contributed by atoms with E-state index in [1.807, 2.05) is 0 Å². The van der Waals surface area contributed by atoms with Crippen molar-refractivity contribution in [3.8, 4) is 44.5 Å². The van der Waals surface area contributed by atoms with Crippen LogP contribution in [0.4, 0.5) is 28.4 Å². The molecule has 0 saturated carbocycles. The molecule has 10 aromatic rings. The van der Waals surface area contributed by atoms with E-state index < -0.39 is 0 Å². The molecule has 0 aromatic heterocycles. The zero-order valence-corrected chi connectivity index (χ0v) is 39.2. The van der Waals surface area contributed by atoms with Gasteiger partial charge >= 0.3 is 0 Å². The Labute approximate surface area is 401 Å². The topological polar surface area (TPSA) is 6.48 Å². The van der Waals surface area contributed by atoms with Gasteiger partial charge in [-0.3, -0.25) is 0 Å². The lowest BCUT2D eigenvalue weighted by molar-refractivity contribution is 0.876. The summed E-state index contributed by atoms with van der Waals surface area (Å²) in [4.78, 5) is 4.88. The van der Waals surface area contributed by atoms with Gasteiger partial charge in [0.15, 0.2) is 0 Å². The minimum atomic E-state index is 0.985. The number of hydrogen-bond acceptors (Lipinski definition) is 2. The fourth-order valence-corrected chi connectivity index (χ4v) is 10.2. The Kier molecular flexibility index (Phi) is 11.4. The lowest BCUT2D eigenvalue weighted by Crippen LogP contribution is -2.18. The Morgan fingerprint density at radius 1 is 0.309 bits per heavy atom. The highest BCUT2D eigenvalue weighted by molar-refractivity contribution is 6.02. The summed E-state index contributed by atoms with van der Waals surface area (Å²) >= 11 is 0. The molecule has 0 unspecified atom stereocenters. The smallest absolute Gasteiger partial charge is 0.0540 e. The first-order valence-corrected chi connectivity index (χ1v) is 23.9. The van der Waals surface area contributed by atoms with Gasteiger partial charge in [0.05, 0.1) is 11.4 Å². The molecule has 1 aliphatic rings. The van der Waals surface area contributed by atoms with Crippen LogP contribution in [0.25, 0.3) is 66.1 Å². The average Bonchev–Trinajstić information content (AvgIpc) is 3.39. The van der Waals surface area contributed by atoms with Crippen molar-refractivity contribution in [1.29, 1.82) is 0 Å². The number of rotatable bonds is 10. The van der Waals surface area contributed by atoms with E-state index >= 15 is 0 Å². The molecule has 0 atom stereocenters. The molecule has 1 aliphatic carbocycles. The normalized spacial score (nSPS) is 12.5. The first-order chi connectivity index (χ1) is 33.4. The van der Waals surface area contributed by atoms with Crippen molar-refractivity contribution >= 4 is 50.0 Å². The van der Waals surface area contributed by atoms with Gasteiger partial charge in [0.2, 0.25) is 0 Å². The molecule has 2 nitrogen and oxygen atoms in total. The van der Waals surface area contributed by atoms with Crippen LogP contribution < -0.4 is 9.80 Å². The van der Waals surface area contributed by atoms with Gasteiger partial charge in [-0.15, -0.1) is 0 Å². The zero-order chi connectivity index (χ0) is 46.1. The number of fused-ring (bicyclic) bond motifs is 2. The molecule has 68 heavy (non-hydrogen) atoms. The molecule has 0 amide bonds. The van der Waals surface area contributed by atoms with Crippen molar-refractivity contribution in [2.45, 2.75) is 40.5 Å². The first-order valence-electron chi connectivity index (χ1n) is 23.9. The molecule has 0 N–H and O–H groups in total. The number of hydrogen-bond donors (Lipinski definition) is 0. The van der Waals surface area contributed by atoms with Gasteiger partial charge in [0, 0.05) is 33.5 Å². The van der Waals surface area contributed by atoms with Crippen LogP contribution in [0.5, 0.6) is 0 Å². The van der Waals surface area contributed by atoms with Gasteiger partial charge in [-0.05, 0) is 168 Å². The zero-order valence-electron chi connectivity index (χ0n) is 39.2. The number of benzene rings is 10. The van der Waals surface area contributed by atoms with Crippen LogP contribution in [0.15, 0.2) is 242 Å². The number of aryl methyl sites for hydroxylation is 3. The number of nitrogens with zero attached hydrogens (tertiary/aromatic N) is 2. The lowest BCUT2D eigenvalue weighted by Gasteiger charge is -2.31. The van der Waals surface area contributed by atoms with E-state index in [0.717, 1.165) is 29.9 Å². The summed E-state index contributed by atoms with van der Waals surface area (Å²) < 4.78 is 0. The van der Waals surface area contributed by atoms with Gasteiger partial charge < -0.3 is 9.80 Å². The standard InChI is InChI=1S/C66H54N2/c1-45-27-35-53(36-28-45)67(65-41-31-47(3)57-19-5-11-25-63(57)65)55-39-33-49(34-40-55)50-15-13-16-51(43-50)59-21-7-9-23-61(59)62-24-10-8-22-60(62)52-17-14-18-56(44-52)68(54-37-29-46(2)30-38-54)66-42-32-48(4)58-20-6-12-26-64(58)66/h5-29,31-37,39-44H,30,38H2,1-4H3. The van der Waals surface area contributed by atoms with Gasteiger partial charge in [-0.1, -0.05) is 181 Å². The number of anilines is 5.